The highest BCUT2D eigenvalue weighted by atomic mass is 35.5. The molecule has 0 radical (unpaired) electrons. The quantitative estimate of drug-likeness (QED) is 0.824. The van der Waals surface area contributed by atoms with E-state index in [0.717, 1.165) is 5.56 Å². The van der Waals surface area contributed by atoms with Crippen LogP contribution >= 0.6 is 12.4 Å². The van der Waals surface area contributed by atoms with E-state index in [4.69, 9.17) is 4.74 Å². The Balaban J connectivity index is 0.00000210. The smallest absolute Gasteiger partial charge is 0.262 e. The summed E-state index contributed by atoms with van der Waals surface area (Å²) in [5.74, 6) is -0.208. The Kier molecular flexibility index (Phi) is 5.62. The van der Waals surface area contributed by atoms with Crippen LogP contribution in [0.2, 0.25) is 0 Å². The number of carbonyl (C=O) groups excluding carboxylic acids is 2. The molecular formula is C19H19ClFN3O3. The molecule has 0 aliphatic carbocycles. The molecule has 0 spiro atoms. The van der Waals surface area contributed by atoms with E-state index in [9.17, 15) is 14.0 Å². The second-order valence-corrected chi connectivity index (χ2v) is 6.32. The van der Waals surface area contributed by atoms with Gasteiger partial charge in [0.25, 0.3) is 11.8 Å². The molecule has 2 aliphatic rings. The number of hydrogen-bond donors (Lipinski definition) is 2. The number of benzene rings is 2. The molecule has 8 heteroatoms. The standard InChI is InChI=1S/C19H18FN3O3.ClH/c20-14-3-1-2-12(8-14)16-10-21-6-7-23(16)19(25)13-4-5-15-17(9-13)26-11-18(24)22-15;/h1-5,8-9,16,21H,6-7,10-11H2,(H,22,24);1H. The Morgan fingerprint density at radius 2 is 2.07 bits per heavy atom. The molecule has 2 heterocycles. The van der Waals surface area contributed by atoms with Crippen LogP contribution in [0.15, 0.2) is 42.5 Å². The van der Waals surface area contributed by atoms with E-state index in [1.165, 1.54) is 12.1 Å². The number of anilines is 1. The summed E-state index contributed by atoms with van der Waals surface area (Å²) in [6, 6.07) is 11.1. The van der Waals surface area contributed by atoms with Gasteiger partial charge in [0.05, 0.1) is 11.7 Å². The minimum atomic E-state index is -0.321. The monoisotopic (exact) mass is 391 g/mol. The molecule has 4 rings (SSSR count). The molecule has 142 valence electrons. The molecule has 2 amide bonds. The zero-order valence-corrected chi connectivity index (χ0v) is 15.2. The van der Waals surface area contributed by atoms with Crippen molar-refractivity contribution in [1.82, 2.24) is 10.2 Å². The number of piperazine rings is 1. The number of hydrogen-bond acceptors (Lipinski definition) is 4. The van der Waals surface area contributed by atoms with E-state index in [2.05, 4.69) is 10.6 Å². The van der Waals surface area contributed by atoms with Crippen LogP contribution in [0, 0.1) is 5.82 Å². The number of halogens is 2. The number of ether oxygens (including phenoxy) is 1. The molecule has 1 fully saturated rings. The van der Waals surface area contributed by atoms with Crippen molar-refractivity contribution in [3.05, 3.63) is 59.4 Å². The van der Waals surface area contributed by atoms with Gasteiger partial charge in [-0.25, -0.2) is 4.39 Å². The van der Waals surface area contributed by atoms with Gasteiger partial charge in [-0.1, -0.05) is 12.1 Å². The van der Waals surface area contributed by atoms with Crippen molar-refractivity contribution >= 4 is 29.9 Å². The van der Waals surface area contributed by atoms with Crippen molar-refractivity contribution in [1.29, 1.82) is 0 Å². The summed E-state index contributed by atoms with van der Waals surface area (Å²) < 4.78 is 19.0. The predicted molar refractivity (Wildman–Crippen MR) is 101 cm³/mol. The zero-order valence-electron chi connectivity index (χ0n) is 14.4. The first kappa shape index (κ1) is 19.1. The van der Waals surface area contributed by atoms with Gasteiger partial charge in [-0.05, 0) is 35.9 Å². The van der Waals surface area contributed by atoms with Gasteiger partial charge in [0, 0.05) is 25.2 Å². The highest BCUT2D eigenvalue weighted by Gasteiger charge is 2.29. The fourth-order valence-corrected chi connectivity index (χ4v) is 3.33. The van der Waals surface area contributed by atoms with E-state index in [1.54, 1.807) is 29.2 Å². The summed E-state index contributed by atoms with van der Waals surface area (Å²) in [5.41, 5.74) is 1.79. The lowest BCUT2D eigenvalue weighted by Crippen LogP contribution is -2.48. The van der Waals surface area contributed by atoms with Crippen LogP contribution in [0.5, 0.6) is 5.75 Å². The fourth-order valence-electron chi connectivity index (χ4n) is 3.33. The molecule has 2 N–H and O–H groups in total. The molecular weight excluding hydrogens is 373 g/mol. The lowest BCUT2D eigenvalue weighted by Gasteiger charge is -2.36. The molecule has 1 saturated heterocycles. The summed E-state index contributed by atoms with van der Waals surface area (Å²) in [4.78, 5) is 26.2. The number of nitrogens with zero attached hydrogens (tertiary/aromatic N) is 1. The Bertz CT molecular complexity index is 877. The Labute approximate surface area is 162 Å². The van der Waals surface area contributed by atoms with Gasteiger partial charge in [0.1, 0.15) is 11.6 Å². The van der Waals surface area contributed by atoms with Crippen LogP contribution < -0.4 is 15.4 Å². The van der Waals surface area contributed by atoms with Crippen LogP contribution in [0.25, 0.3) is 0 Å². The van der Waals surface area contributed by atoms with Crippen LogP contribution in [0.1, 0.15) is 22.0 Å². The lowest BCUT2D eigenvalue weighted by molar-refractivity contribution is -0.118. The van der Waals surface area contributed by atoms with Crippen LogP contribution in [-0.4, -0.2) is 43.0 Å². The maximum Gasteiger partial charge on any atom is 0.262 e. The van der Waals surface area contributed by atoms with Gasteiger partial charge in [0.15, 0.2) is 6.61 Å². The van der Waals surface area contributed by atoms with Gasteiger partial charge in [-0.3, -0.25) is 9.59 Å². The topological polar surface area (TPSA) is 70.7 Å². The molecule has 2 aliphatic heterocycles. The van der Waals surface area contributed by atoms with E-state index < -0.39 is 0 Å². The van der Waals surface area contributed by atoms with Crippen molar-refractivity contribution in [3.63, 3.8) is 0 Å². The molecule has 1 unspecified atom stereocenters. The average molecular weight is 392 g/mol. The Morgan fingerprint density at radius 1 is 1.22 bits per heavy atom. The van der Waals surface area contributed by atoms with Gasteiger partial charge >= 0.3 is 0 Å². The van der Waals surface area contributed by atoms with E-state index >= 15 is 0 Å². The Hall–Kier alpha value is -2.64. The second-order valence-electron chi connectivity index (χ2n) is 6.32. The summed E-state index contributed by atoms with van der Waals surface area (Å²) >= 11 is 0. The third-order valence-electron chi connectivity index (χ3n) is 4.60. The minimum absolute atomic E-state index is 0. The van der Waals surface area contributed by atoms with Crippen LogP contribution in [0.3, 0.4) is 0 Å². The van der Waals surface area contributed by atoms with Crippen molar-refractivity contribution in [2.24, 2.45) is 0 Å². The second kappa shape index (κ2) is 7.94. The van der Waals surface area contributed by atoms with Crippen molar-refractivity contribution in [3.8, 4) is 5.75 Å². The number of fused-ring (bicyclic) bond motifs is 1. The first-order chi connectivity index (χ1) is 12.6. The normalized spacial score (nSPS) is 18.6. The Morgan fingerprint density at radius 3 is 2.89 bits per heavy atom. The SMILES string of the molecule is Cl.O=C1COc2cc(C(=O)N3CCNCC3c3cccc(F)c3)ccc2N1. The van der Waals surface area contributed by atoms with E-state index in [0.29, 0.717) is 36.6 Å². The van der Waals surface area contributed by atoms with Gasteiger partial charge in [-0.2, -0.15) is 0 Å². The van der Waals surface area contributed by atoms with Crippen LogP contribution in [-0.2, 0) is 4.79 Å². The van der Waals surface area contributed by atoms with E-state index in [1.807, 2.05) is 6.07 Å². The maximum absolute atomic E-state index is 13.6. The number of carbonyl (C=O) groups is 2. The first-order valence-electron chi connectivity index (χ1n) is 8.46. The number of amides is 2. The summed E-state index contributed by atoms with van der Waals surface area (Å²) in [5, 5.41) is 5.96. The summed E-state index contributed by atoms with van der Waals surface area (Å²) in [6.07, 6.45) is 0. The molecule has 27 heavy (non-hydrogen) atoms. The molecule has 6 nitrogen and oxygen atoms in total. The molecule has 2 aromatic carbocycles. The largest absolute Gasteiger partial charge is 0.482 e. The van der Waals surface area contributed by atoms with Crippen molar-refractivity contribution < 1.29 is 18.7 Å². The highest BCUT2D eigenvalue weighted by molar-refractivity contribution is 5.99. The first-order valence-corrected chi connectivity index (χ1v) is 8.46. The fraction of sp³-hybridized carbons (Fsp3) is 0.263. The molecule has 0 saturated carbocycles. The van der Waals surface area contributed by atoms with Gasteiger partial charge in [-0.15, -0.1) is 12.4 Å². The van der Waals surface area contributed by atoms with E-state index in [-0.39, 0.29) is 42.7 Å². The van der Waals surface area contributed by atoms with Crippen molar-refractivity contribution in [2.45, 2.75) is 6.04 Å². The molecule has 2 aromatic rings. The maximum atomic E-state index is 13.6. The lowest BCUT2D eigenvalue weighted by atomic mass is 10.0. The number of nitrogens with one attached hydrogen (secondary N) is 2. The predicted octanol–water partition coefficient (Wildman–Crippen LogP) is 2.37. The average Bonchev–Trinajstić information content (AvgIpc) is 2.67. The molecule has 0 bridgehead atoms. The minimum Gasteiger partial charge on any atom is -0.482 e. The number of rotatable bonds is 2. The highest BCUT2D eigenvalue weighted by Crippen LogP contribution is 2.31. The molecule has 1 atom stereocenters. The third kappa shape index (κ3) is 3.89. The summed E-state index contributed by atoms with van der Waals surface area (Å²) in [7, 11) is 0. The van der Waals surface area contributed by atoms with Gasteiger partial charge < -0.3 is 20.3 Å². The third-order valence-corrected chi connectivity index (χ3v) is 4.60. The van der Waals surface area contributed by atoms with Crippen LogP contribution in [0.4, 0.5) is 10.1 Å². The molecule has 0 aromatic heterocycles. The van der Waals surface area contributed by atoms with Gasteiger partial charge in [0.2, 0.25) is 0 Å². The summed E-state index contributed by atoms with van der Waals surface area (Å²) in [6.45, 7) is 1.70. The zero-order chi connectivity index (χ0) is 18.1. The van der Waals surface area contributed by atoms with Crippen molar-refractivity contribution in [2.75, 3.05) is 31.6 Å².